The molecule has 4 heteroatoms. The van der Waals surface area contributed by atoms with Crippen LogP contribution in [0.4, 0.5) is 4.39 Å². The molecular formula is C15H21FN2S. The number of benzene rings is 1. The number of piperidine rings is 1. The van der Waals surface area contributed by atoms with E-state index >= 15 is 0 Å². The van der Waals surface area contributed by atoms with Gasteiger partial charge in [-0.3, -0.25) is 4.90 Å². The molecule has 0 radical (unpaired) electrons. The summed E-state index contributed by atoms with van der Waals surface area (Å²) in [4.78, 5) is 2.47. The second-order valence-corrected chi connectivity index (χ2v) is 6.04. The molecular weight excluding hydrogens is 259 g/mol. The minimum atomic E-state index is -0.263. The van der Waals surface area contributed by atoms with Gasteiger partial charge in [0.15, 0.2) is 0 Å². The van der Waals surface area contributed by atoms with E-state index in [2.05, 4.69) is 18.7 Å². The Balaban J connectivity index is 2.19. The van der Waals surface area contributed by atoms with Gasteiger partial charge in [-0.25, -0.2) is 4.39 Å². The summed E-state index contributed by atoms with van der Waals surface area (Å²) in [6, 6.07) is 5.79. The van der Waals surface area contributed by atoms with Gasteiger partial charge in [-0.05, 0) is 31.7 Å². The fourth-order valence-corrected chi connectivity index (χ4v) is 2.87. The van der Waals surface area contributed by atoms with E-state index in [-0.39, 0.29) is 10.8 Å². The van der Waals surface area contributed by atoms with Crippen molar-refractivity contribution in [3.8, 4) is 0 Å². The van der Waals surface area contributed by atoms with Crippen molar-refractivity contribution in [3.05, 3.63) is 35.1 Å². The zero-order valence-electron chi connectivity index (χ0n) is 11.5. The Hall–Kier alpha value is -1.00. The Morgan fingerprint density at radius 1 is 1.42 bits per heavy atom. The van der Waals surface area contributed by atoms with E-state index in [0.29, 0.717) is 29.6 Å². The van der Waals surface area contributed by atoms with Crippen LogP contribution < -0.4 is 5.73 Å². The molecule has 19 heavy (non-hydrogen) atoms. The van der Waals surface area contributed by atoms with Crippen molar-refractivity contribution in [1.29, 1.82) is 0 Å². The predicted octanol–water partition coefficient (Wildman–Crippen LogP) is 3.08. The minimum absolute atomic E-state index is 0.124. The van der Waals surface area contributed by atoms with Gasteiger partial charge in [-0.2, -0.15) is 0 Å². The smallest absolute Gasteiger partial charge is 0.137 e. The number of halogens is 1. The average molecular weight is 280 g/mol. The van der Waals surface area contributed by atoms with Crippen molar-refractivity contribution < 1.29 is 4.39 Å². The summed E-state index contributed by atoms with van der Waals surface area (Å²) in [5, 5.41) is 0. The van der Waals surface area contributed by atoms with E-state index in [9.17, 15) is 4.39 Å². The maximum Gasteiger partial charge on any atom is 0.137 e. The molecule has 0 saturated carbocycles. The van der Waals surface area contributed by atoms with Crippen LogP contribution >= 0.6 is 12.2 Å². The number of rotatable bonds is 3. The Bertz CT molecular complexity index is 475. The van der Waals surface area contributed by atoms with Crippen LogP contribution in [0.3, 0.4) is 0 Å². The lowest BCUT2D eigenvalue weighted by Crippen LogP contribution is -2.40. The van der Waals surface area contributed by atoms with E-state index < -0.39 is 0 Å². The summed E-state index contributed by atoms with van der Waals surface area (Å²) < 4.78 is 14.3. The van der Waals surface area contributed by atoms with E-state index in [1.54, 1.807) is 6.07 Å². The lowest BCUT2D eigenvalue weighted by Gasteiger charge is -2.36. The summed E-state index contributed by atoms with van der Waals surface area (Å²) in [6.45, 7) is 6.12. The minimum Gasteiger partial charge on any atom is -0.389 e. The molecule has 1 aromatic rings. The highest BCUT2D eigenvalue weighted by Gasteiger charge is 2.24. The largest absolute Gasteiger partial charge is 0.389 e. The lowest BCUT2D eigenvalue weighted by atomic mass is 9.94. The highest BCUT2D eigenvalue weighted by atomic mass is 32.1. The van der Waals surface area contributed by atoms with E-state index in [4.69, 9.17) is 18.0 Å². The van der Waals surface area contributed by atoms with Crippen molar-refractivity contribution in [2.75, 3.05) is 6.54 Å². The number of nitrogens with two attached hydrogens (primary N) is 1. The molecule has 1 aliphatic rings. The monoisotopic (exact) mass is 280 g/mol. The number of nitrogens with zero attached hydrogens (tertiary/aromatic N) is 1. The van der Waals surface area contributed by atoms with Gasteiger partial charge < -0.3 is 5.73 Å². The van der Waals surface area contributed by atoms with Gasteiger partial charge in [-0.15, -0.1) is 0 Å². The second-order valence-electron chi connectivity index (χ2n) is 5.60. The Morgan fingerprint density at radius 3 is 2.84 bits per heavy atom. The topological polar surface area (TPSA) is 29.3 Å². The molecule has 0 amide bonds. The zero-order valence-corrected chi connectivity index (χ0v) is 12.3. The number of thiocarbonyl (C=S) groups is 1. The highest BCUT2D eigenvalue weighted by Crippen LogP contribution is 2.24. The third-order valence-corrected chi connectivity index (χ3v) is 4.18. The van der Waals surface area contributed by atoms with Crippen molar-refractivity contribution in [2.24, 2.45) is 11.7 Å². The predicted molar refractivity (Wildman–Crippen MR) is 80.6 cm³/mol. The molecule has 1 heterocycles. The quantitative estimate of drug-likeness (QED) is 0.863. The van der Waals surface area contributed by atoms with Crippen LogP contribution in [0, 0.1) is 11.7 Å². The molecule has 2 rings (SSSR count). The Kier molecular flexibility index (Phi) is 4.53. The summed E-state index contributed by atoms with van der Waals surface area (Å²) in [5.41, 5.74) is 6.58. The molecule has 1 aliphatic heterocycles. The van der Waals surface area contributed by atoms with Gasteiger partial charge in [-0.1, -0.05) is 31.3 Å². The first-order valence-corrected chi connectivity index (χ1v) is 7.21. The third kappa shape index (κ3) is 3.31. The molecule has 2 nitrogen and oxygen atoms in total. The molecule has 104 valence electrons. The summed E-state index contributed by atoms with van der Waals surface area (Å²) >= 11 is 4.88. The van der Waals surface area contributed by atoms with Crippen LogP contribution in [0.25, 0.3) is 0 Å². The summed E-state index contributed by atoms with van der Waals surface area (Å²) in [5.74, 6) is 0.415. The Morgan fingerprint density at radius 2 is 2.16 bits per heavy atom. The Labute approximate surface area is 119 Å². The van der Waals surface area contributed by atoms with Crippen molar-refractivity contribution in [1.82, 2.24) is 4.90 Å². The van der Waals surface area contributed by atoms with Crippen LogP contribution in [0.2, 0.25) is 0 Å². The maximum atomic E-state index is 14.3. The van der Waals surface area contributed by atoms with Gasteiger partial charge >= 0.3 is 0 Å². The molecule has 0 spiro atoms. The molecule has 2 N–H and O–H groups in total. The van der Waals surface area contributed by atoms with Gasteiger partial charge in [0.25, 0.3) is 0 Å². The molecule has 2 atom stereocenters. The highest BCUT2D eigenvalue weighted by molar-refractivity contribution is 7.80. The van der Waals surface area contributed by atoms with E-state index in [0.717, 1.165) is 6.54 Å². The summed E-state index contributed by atoms with van der Waals surface area (Å²) in [7, 11) is 0. The van der Waals surface area contributed by atoms with Crippen LogP contribution in [0.1, 0.15) is 37.8 Å². The molecule has 2 unspecified atom stereocenters. The maximum absolute atomic E-state index is 14.3. The molecule has 0 aromatic heterocycles. The fraction of sp³-hybridized carbons (Fsp3) is 0.533. The van der Waals surface area contributed by atoms with E-state index in [1.165, 1.54) is 12.8 Å². The first-order valence-electron chi connectivity index (χ1n) is 6.80. The second kappa shape index (κ2) is 5.97. The van der Waals surface area contributed by atoms with Gasteiger partial charge in [0.05, 0.1) is 0 Å². The van der Waals surface area contributed by atoms with Crippen molar-refractivity contribution >= 4 is 17.2 Å². The standard InChI is InChI=1S/C15H21FN2S/c1-10-6-7-11(2)18(8-10)9-12-4-3-5-13(14(12)16)15(17)19/h3-5,10-11H,6-9H2,1-2H3,(H2,17,19). The molecule has 1 aromatic carbocycles. The molecule has 1 saturated heterocycles. The summed E-state index contributed by atoms with van der Waals surface area (Å²) in [6.07, 6.45) is 2.44. The van der Waals surface area contributed by atoms with Crippen LogP contribution in [-0.2, 0) is 6.54 Å². The first-order chi connectivity index (χ1) is 8.99. The van der Waals surface area contributed by atoms with E-state index in [1.807, 2.05) is 12.1 Å². The van der Waals surface area contributed by atoms with Crippen LogP contribution in [0.5, 0.6) is 0 Å². The molecule has 0 bridgehead atoms. The van der Waals surface area contributed by atoms with Crippen molar-refractivity contribution in [3.63, 3.8) is 0 Å². The SMILES string of the molecule is CC1CCC(C)N(Cc2cccc(C(N)=S)c2F)C1. The normalized spacial score (nSPS) is 24.4. The number of likely N-dealkylation sites (tertiary alicyclic amines) is 1. The first kappa shape index (κ1) is 14.4. The van der Waals surface area contributed by atoms with Gasteiger partial charge in [0.1, 0.15) is 10.8 Å². The lowest BCUT2D eigenvalue weighted by molar-refractivity contribution is 0.116. The van der Waals surface area contributed by atoms with Crippen LogP contribution in [-0.4, -0.2) is 22.5 Å². The van der Waals surface area contributed by atoms with Crippen molar-refractivity contribution in [2.45, 2.75) is 39.3 Å². The average Bonchev–Trinajstić information content (AvgIpc) is 2.36. The third-order valence-electron chi connectivity index (χ3n) is 3.96. The molecule has 0 aliphatic carbocycles. The van der Waals surface area contributed by atoms with Gasteiger partial charge in [0.2, 0.25) is 0 Å². The zero-order chi connectivity index (χ0) is 14.0. The van der Waals surface area contributed by atoms with Crippen LogP contribution in [0.15, 0.2) is 18.2 Å². The molecule has 1 fully saturated rings. The van der Waals surface area contributed by atoms with Gasteiger partial charge in [0, 0.05) is 30.3 Å². The fourth-order valence-electron chi connectivity index (χ4n) is 2.71. The number of hydrogen-bond donors (Lipinski definition) is 1. The number of hydrogen-bond acceptors (Lipinski definition) is 2.